The highest BCUT2D eigenvalue weighted by Crippen LogP contribution is 2.11. The standard InChI is InChI=1S/C15H19NO3/c1-3-5-11-19-15(18)12-7-9-13(10-8-12)16-14(17)6-4-2/h4,6-10H,3,5,11H2,1-2H3,(H,16,17)/b6-4-. The van der Waals surface area contributed by atoms with E-state index in [0.717, 1.165) is 12.8 Å². The van der Waals surface area contributed by atoms with Crippen LogP contribution in [0.15, 0.2) is 36.4 Å². The molecule has 0 aliphatic carbocycles. The van der Waals surface area contributed by atoms with E-state index in [-0.39, 0.29) is 11.9 Å². The van der Waals surface area contributed by atoms with E-state index in [1.165, 1.54) is 6.08 Å². The van der Waals surface area contributed by atoms with Crippen LogP contribution in [-0.2, 0) is 9.53 Å². The number of rotatable bonds is 6. The van der Waals surface area contributed by atoms with E-state index in [9.17, 15) is 9.59 Å². The number of hydrogen-bond donors (Lipinski definition) is 1. The molecule has 0 unspecified atom stereocenters. The van der Waals surface area contributed by atoms with E-state index in [1.807, 2.05) is 6.92 Å². The fraction of sp³-hybridized carbons (Fsp3) is 0.333. The van der Waals surface area contributed by atoms with Gasteiger partial charge in [0.25, 0.3) is 0 Å². The van der Waals surface area contributed by atoms with Crippen molar-refractivity contribution < 1.29 is 14.3 Å². The molecule has 0 aliphatic rings. The highest BCUT2D eigenvalue weighted by molar-refractivity contribution is 5.99. The van der Waals surface area contributed by atoms with Gasteiger partial charge in [-0.1, -0.05) is 19.4 Å². The van der Waals surface area contributed by atoms with Gasteiger partial charge in [0.05, 0.1) is 12.2 Å². The number of allylic oxidation sites excluding steroid dienone is 1. The Morgan fingerprint density at radius 3 is 2.53 bits per heavy atom. The van der Waals surface area contributed by atoms with Crippen molar-refractivity contribution in [2.24, 2.45) is 0 Å². The maximum Gasteiger partial charge on any atom is 0.338 e. The van der Waals surface area contributed by atoms with E-state index in [4.69, 9.17) is 4.74 Å². The first-order valence-corrected chi connectivity index (χ1v) is 6.38. The molecule has 1 rings (SSSR count). The second-order valence-electron chi connectivity index (χ2n) is 4.06. The minimum absolute atomic E-state index is 0.194. The summed E-state index contributed by atoms with van der Waals surface area (Å²) in [5.74, 6) is -0.527. The summed E-state index contributed by atoms with van der Waals surface area (Å²) in [5, 5.41) is 2.68. The van der Waals surface area contributed by atoms with Crippen LogP contribution in [0.4, 0.5) is 5.69 Å². The summed E-state index contributed by atoms with van der Waals surface area (Å²) in [6.07, 6.45) is 4.95. The molecule has 0 radical (unpaired) electrons. The Morgan fingerprint density at radius 2 is 1.95 bits per heavy atom. The average Bonchev–Trinajstić information content (AvgIpc) is 2.40. The van der Waals surface area contributed by atoms with Gasteiger partial charge in [-0.05, 0) is 43.7 Å². The summed E-state index contributed by atoms with van der Waals surface area (Å²) in [6, 6.07) is 6.63. The molecular formula is C15H19NO3. The third-order valence-electron chi connectivity index (χ3n) is 2.44. The van der Waals surface area contributed by atoms with E-state index in [0.29, 0.717) is 17.9 Å². The number of esters is 1. The minimum atomic E-state index is -0.334. The lowest BCUT2D eigenvalue weighted by atomic mass is 10.2. The second-order valence-corrected chi connectivity index (χ2v) is 4.06. The molecule has 0 heterocycles. The van der Waals surface area contributed by atoms with Crippen molar-refractivity contribution >= 4 is 17.6 Å². The van der Waals surface area contributed by atoms with Crippen molar-refractivity contribution in [1.29, 1.82) is 0 Å². The molecule has 0 spiro atoms. The summed E-state index contributed by atoms with van der Waals surface area (Å²) >= 11 is 0. The van der Waals surface area contributed by atoms with Gasteiger partial charge in [0, 0.05) is 5.69 Å². The molecule has 4 heteroatoms. The number of amides is 1. The molecule has 0 aliphatic heterocycles. The van der Waals surface area contributed by atoms with E-state index >= 15 is 0 Å². The zero-order chi connectivity index (χ0) is 14.1. The third kappa shape index (κ3) is 5.38. The van der Waals surface area contributed by atoms with Crippen LogP contribution >= 0.6 is 0 Å². The van der Waals surface area contributed by atoms with Gasteiger partial charge in [0.15, 0.2) is 0 Å². The zero-order valence-corrected chi connectivity index (χ0v) is 11.3. The quantitative estimate of drug-likeness (QED) is 0.486. The molecule has 1 N–H and O–H groups in total. The van der Waals surface area contributed by atoms with E-state index in [2.05, 4.69) is 5.32 Å². The molecule has 1 aromatic carbocycles. The Labute approximate surface area is 113 Å². The zero-order valence-electron chi connectivity index (χ0n) is 11.3. The number of unbranched alkanes of at least 4 members (excludes halogenated alkanes) is 1. The maximum atomic E-state index is 11.6. The summed E-state index contributed by atoms with van der Waals surface area (Å²) in [6.45, 7) is 4.25. The van der Waals surface area contributed by atoms with E-state index in [1.54, 1.807) is 37.3 Å². The number of hydrogen-bond acceptors (Lipinski definition) is 3. The predicted molar refractivity (Wildman–Crippen MR) is 75.1 cm³/mol. The second kappa shape index (κ2) is 8.08. The van der Waals surface area contributed by atoms with Crippen LogP contribution in [0, 0.1) is 0 Å². The predicted octanol–water partition coefficient (Wildman–Crippen LogP) is 3.16. The van der Waals surface area contributed by atoms with Gasteiger partial charge in [-0.2, -0.15) is 0 Å². The maximum absolute atomic E-state index is 11.6. The molecule has 0 fully saturated rings. The lowest BCUT2D eigenvalue weighted by molar-refractivity contribution is -0.111. The van der Waals surface area contributed by atoms with Gasteiger partial charge in [0.1, 0.15) is 0 Å². The first-order chi connectivity index (χ1) is 9.17. The Hall–Kier alpha value is -2.10. The molecule has 19 heavy (non-hydrogen) atoms. The number of carbonyl (C=O) groups excluding carboxylic acids is 2. The van der Waals surface area contributed by atoms with E-state index < -0.39 is 0 Å². The summed E-state index contributed by atoms with van der Waals surface area (Å²) in [4.78, 5) is 23.0. The molecular weight excluding hydrogens is 242 g/mol. The molecule has 0 saturated carbocycles. The highest BCUT2D eigenvalue weighted by Gasteiger charge is 2.06. The van der Waals surface area contributed by atoms with Crippen molar-refractivity contribution in [2.45, 2.75) is 26.7 Å². The van der Waals surface area contributed by atoms with Crippen molar-refractivity contribution in [3.05, 3.63) is 42.0 Å². The largest absolute Gasteiger partial charge is 0.462 e. The molecule has 0 aromatic heterocycles. The van der Waals surface area contributed by atoms with Crippen molar-refractivity contribution in [3.8, 4) is 0 Å². The Balaban J connectivity index is 2.55. The Kier molecular flexibility index (Phi) is 6.36. The lowest BCUT2D eigenvalue weighted by Crippen LogP contribution is -2.09. The van der Waals surface area contributed by atoms with Crippen molar-refractivity contribution in [2.75, 3.05) is 11.9 Å². The van der Waals surface area contributed by atoms with Gasteiger partial charge in [0.2, 0.25) is 5.91 Å². The normalized spacial score (nSPS) is 10.4. The minimum Gasteiger partial charge on any atom is -0.462 e. The van der Waals surface area contributed by atoms with Crippen LogP contribution in [0.5, 0.6) is 0 Å². The summed E-state index contributed by atoms with van der Waals surface area (Å²) in [5.41, 5.74) is 1.13. The fourth-order valence-electron chi connectivity index (χ4n) is 1.42. The number of carbonyl (C=O) groups is 2. The number of anilines is 1. The molecule has 0 bridgehead atoms. The Bertz CT molecular complexity index is 449. The molecule has 102 valence electrons. The number of ether oxygens (including phenoxy) is 1. The molecule has 4 nitrogen and oxygen atoms in total. The summed E-state index contributed by atoms with van der Waals surface area (Å²) in [7, 11) is 0. The summed E-state index contributed by atoms with van der Waals surface area (Å²) < 4.78 is 5.09. The van der Waals surface area contributed by atoms with Crippen LogP contribution in [0.25, 0.3) is 0 Å². The lowest BCUT2D eigenvalue weighted by Gasteiger charge is -2.05. The highest BCUT2D eigenvalue weighted by atomic mass is 16.5. The Morgan fingerprint density at radius 1 is 1.26 bits per heavy atom. The monoisotopic (exact) mass is 261 g/mol. The van der Waals surface area contributed by atoms with Gasteiger partial charge < -0.3 is 10.1 Å². The van der Waals surface area contributed by atoms with Crippen LogP contribution < -0.4 is 5.32 Å². The first kappa shape index (κ1) is 15.0. The number of nitrogens with one attached hydrogen (secondary N) is 1. The smallest absolute Gasteiger partial charge is 0.338 e. The van der Waals surface area contributed by atoms with Crippen LogP contribution in [0.2, 0.25) is 0 Å². The van der Waals surface area contributed by atoms with Crippen LogP contribution in [-0.4, -0.2) is 18.5 Å². The number of benzene rings is 1. The first-order valence-electron chi connectivity index (χ1n) is 6.38. The molecule has 0 atom stereocenters. The van der Waals surface area contributed by atoms with Gasteiger partial charge in [-0.15, -0.1) is 0 Å². The van der Waals surface area contributed by atoms with Crippen molar-refractivity contribution in [1.82, 2.24) is 0 Å². The van der Waals surface area contributed by atoms with Crippen molar-refractivity contribution in [3.63, 3.8) is 0 Å². The molecule has 1 aromatic rings. The van der Waals surface area contributed by atoms with Gasteiger partial charge >= 0.3 is 5.97 Å². The van der Waals surface area contributed by atoms with Gasteiger partial charge in [-0.3, -0.25) is 4.79 Å². The van der Waals surface area contributed by atoms with Crippen LogP contribution in [0.1, 0.15) is 37.0 Å². The molecule has 0 saturated heterocycles. The van der Waals surface area contributed by atoms with Gasteiger partial charge in [-0.25, -0.2) is 4.79 Å². The third-order valence-corrected chi connectivity index (χ3v) is 2.44. The fourth-order valence-corrected chi connectivity index (χ4v) is 1.42. The molecule has 1 amide bonds. The average molecular weight is 261 g/mol. The van der Waals surface area contributed by atoms with Crippen LogP contribution in [0.3, 0.4) is 0 Å². The topological polar surface area (TPSA) is 55.4 Å². The SMILES string of the molecule is C/C=C\C(=O)Nc1ccc(C(=O)OCCCC)cc1.